The molecule has 3 heteroatoms. The minimum absolute atomic E-state index is 0.572. The Balaban J connectivity index is 2.61. The molecule has 3 nitrogen and oxygen atoms in total. The molecule has 90 valence electrons. The van der Waals surface area contributed by atoms with Crippen LogP contribution in [0.1, 0.15) is 19.4 Å². The highest BCUT2D eigenvalue weighted by molar-refractivity contribution is 5.92. The number of nitrogens with two attached hydrogens (primary N) is 1. The average Bonchev–Trinajstić information content (AvgIpc) is 2.40. The van der Waals surface area contributed by atoms with E-state index in [2.05, 4.69) is 35.9 Å². The van der Waals surface area contributed by atoms with Gasteiger partial charge in [-0.25, -0.2) is 0 Å². The summed E-state index contributed by atoms with van der Waals surface area (Å²) in [5, 5.41) is 1.19. The molecule has 1 heterocycles. The third kappa shape index (κ3) is 2.24. The highest BCUT2D eigenvalue weighted by Crippen LogP contribution is 2.26. The van der Waals surface area contributed by atoms with E-state index in [4.69, 9.17) is 5.73 Å². The summed E-state index contributed by atoms with van der Waals surface area (Å²) < 4.78 is 0. The van der Waals surface area contributed by atoms with Crippen LogP contribution in [0.25, 0.3) is 10.9 Å². The maximum atomic E-state index is 5.70. The van der Waals surface area contributed by atoms with E-state index in [1.165, 1.54) is 11.1 Å². The van der Waals surface area contributed by atoms with Crippen molar-refractivity contribution < 1.29 is 0 Å². The first-order valence-electron chi connectivity index (χ1n) is 6.12. The Morgan fingerprint density at radius 1 is 1.18 bits per heavy atom. The van der Waals surface area contributed by atoms with Gasteiger partial charge >= 0.3 is 0 Å². The second kappa shape index (κ2) is 5.15. The van der Waals surface area contributed by atoms with E-state index in [1.54, 1.807) is 0 Å². The molecule has 2 rings (SSSR count). The van der Waals surface area contributed by atoms with Crippen LogP contribution < -0.4 is 10.6 Å². The summed E-state index contributed by atoms with van der Waals surface area (Å²) in [6.45, 7) is 6.92. The Morgan fingerprint density at radius 3 is 2.59 bits per heavy atom. The third-order valence-corrected chi connectivity index (χ3v) is 3.12. The maximum absolute atomic E-state index is 5.70. The molecule has 1 aromatic carbocycles. The van der Waals surface area contributed by atoms with Crippen molar-refractivity contribution in [2.24, 2.45) is 5.73 Å². The molecule has 0 spiro atoms. The molecule has 2 aromatic rings. The SMILES string of the molecule is CCN(CC)c1ccnc2ccc(CN)cc12. The molecular formula is C14H19N3. The Labute approximate surface area is 102 Å². The standard InChI is InChI=1S/C14H19N3/c1-3-17(4-2)14-7-8-16-13-6-5-11(10-15)9-12(13)14/h5-9H,3-4,10,15H2,1-2H3. The maximum Gasteiger partial charge on any atom is 0.0723 e. The van der Waals surface area contributed by atoms with Crippen LogP contribution in [-0.2, 0) is 6.54 Å². The minimum atomic E-state index is 0.572. The normalized spacial score (nSPS) is 10.8. The van der Waals surface area contributed by atoms with Crippen molar-refractivity contribution in [2.45, 2.75) is 20.4 Å². The van der Waals surface area contributed by atoms with Crippen molar-refractivity contribution in [2.75, 3.05) is 18.0 Å². The van der Waals surface area contributed by atoms with Crippen LogP contribution in [0, 0.1) is 0 Å². The van der Waals surface area contributed by atoms with Gasteiger partial charge in [0.25, 0.3) is 0 Å². The summed E-state index contributed by atoms with van der Waals surface area (Å²) in [6.07, 6.45) is 1.87. The lowest BCUT2D eigenvalue weighted by Crippen LogP contribution is -2.22. The molecule has 0 amide bonds. The van der Waals surface area contributed by atoms with E-state index in [1.807, 2.05) is 18.3 Å². The van der Waals surface area contributed by atoms with E-state index in [-0.39, 0.29) is 0 Å². The summed E-state index contributed by atoms with van der Waals surface area (Å²) in [7, 11) is 0. The molecular weight excluding hydrogens is 210 g/mol. The number of benzene rings is 1. The predicted molar refractivity (Wildman–Crippen MR) is 73.2 cm³/mol. The van der Waals surface area contributed by atoms with Gasteiger partial charge in [-0.05, 0) is 37.6 Å². The zero-order valence-corrected chi connectivity index (χ0v) is 10.5. The first-order chi connectivity index (χ1) is 8.30. The van der Waals surface area contributed by atoms with Crippen LogP contribution in [-0.4, -0.2) is 18.1 Å². The van der Waals surface area contributed by atoms with E-state index in [9.17, 15) is 0 Å². The molecule has 0 unspecified atom stereocenters. The zero-order valence-electron chi connectivity index (χ0n) is 10.5. The smallest absolute Gasteiger partial charge is 0.0723 e. The van der Waals surface area contributed by atoms with Crippen LogP contribution in [0.2, 0.25) is 0 Å². The first kappa shape index (κ1) is 11.9. The van der Waals surface area contributed by atoms with E-state index < -0.39 is 0 Å². The molecule has 0 radical (unpaired) electrons. The van der Waals surface area contributed by atoms with Gasteiger partial charge in [0, 0.05) is 36.9 Å². The Morgan fingerprint density at radius 2 is 1.94 bits per heavy atom. The number of hydrogen-bond acceptors (Lipinski definition) is 3. The summed E-state index contributed by atoms with van der Waals surface area (Å²) in [5.74, 6) is 0. The number of anilines is 1. The van der Waals surface area contributed by atoms with Crippen molar-refractivity contribution in [3.63, 3.8) is 0 Å². The molecule has 0 fully saturated rings. The van der Waals surface area contributed by atoms with Gasteiger partial charge in [0.15, 0.2) is 0 Å². The first-order valence-corrected chi connectivity index (χ1v) is 6.12. The fourth-order valence-corrected chi connectivity index (χ4v) is 2.15. The van der Waals surface area contributed by atoms with Crippen LogP contribution in [0.3, 0.4) is 0 Å². The van der Waals surface area contributed by atoms with Crippen molar-refractivity contribution >= 4 is 16.6 Å². The van der Waals surface area contributed by atoms with E-state index >= 15 is 0 Å². The summed E-state index contributed by atoms with van der Waals surface area (Å²) in [6, 6.07) is 8.32. The van der Waals surface area contributed by atoms with Gasteiger partial charge < -0.3 is 10.6 Å². The third-order valence-electron chi connectivity index (χ3n) is 3.12. The second-order valence-electron chi connectivity index (χ2n) is 4.06. The van der Waals surface area contributed by atoms with Crippen LogP contribution in [0.4, 0.5) is 5.69 Å². The van der Waals surface area contributed by atoms with Gasteiger partial charge in [0.05, 0.1) is 5.52 Å². The quantitative estimate of drug-likeness (QED) is 0.876. The number of hydrogen-bond donors (Lipinski definition) is 1. The molecule has 1 aromatic heterocycles. The van der Waals surface area contributed by atoms with Gasteiger partial charge in [-0.1, -0.05) is 6.07 Å². The lowest BCUT2D eigenvalue weighted by Gasteiger charge is -2.22. The zero-order chi connectivity index (χ0) is 12.3. The van der Waals surface area contributed by atoms with Crippen molar-refractivity contribution in [3.05, 3.63) is 36.0 Å². The van der Waals surface area contributed by atoms with Gasteiger partial charge in [-0.2, -0.15) is 0 Å². The van der Waals surface area contributed by atoms with Crippen molar-refractivity contribution in [1.82, 2.24) is 4.98 Å². The van der Waals surface area contributed by atoms with Gasteiger partial charge in [-0.15, -0.1) is 0 Å². The second-order valence-corrected chi connectivity index (χ2v) is 4.06. The molecule has 0 atom stereocenters. The number of fused-ring (bicyclic) bond motifs is 1. The van der Waals surface area contributed by atoms with E-state index in [0.29, 0.717) is 6.54 Å². The number of rotatable bonds is 4. The fourth-order valence-electron chi connectivity index (χ4n) is 2.15. The summed E-state index contributed by atoms with van der Waals surface area (Å²) in [5.41, 5.74) is 9.13. The lowest BCUT2D eigenvalue weighted by atomic mass is 10.1. The molecule has 0 aliphatic rings. The highest BCUT2D eigenvalue weighted by Gasteiger charge is 2.07. The van der Waals surface area contributed by atoms with Crippen molar-refractivity contribution in [1.29, 1.82) is 0 Å². The van der Waals surface area contributed by atoms with Crippen LogP contribution in [0.5, 0.6) is 0 Å². The summed E-state index contributed by atoms with van der Waals surface area (Å²) >= 11 is 0. The highest BCUT2D eigenvalue weighted by atomic mass is 15.1. The molecule has 17 heavy (non-hydrogen) atoms. The Kier molecular flexibility index (Phi) is 3.59. The molecule has 0 saturated heterocycles. The van der Waals surface area contributed by atoms with Crippen LogP contribution in [0.15, 0.2) is 30.5 Å². The van der Waals surface area contributed by atoms with E-state index in [0.717, 1.165) is 24.2 Å². The Bertz CT molecular complexity index is 504. The molecule has 0 aliphatic heterocycles. The molecule has 0 saturated carbocycles. The van der Waals surface area contributed by atoms with Gasteiger partial charge in [0.1, 0.15) is 0 Å². The fraction of sp³-hybridized carbons (Fsp3) is 0.357. The van der Waals surface area contributed by atoms with Gasteiger partial charge in [0.2, 0.25) is 0 Å². The average molecular weight is 229 g/mol. The topological polar surface area (TPSA) is 42.2 Å². The number of aromatic nitrogens is 1. The lowest BCUT2D eigenvalue weighted by molar-refractivity contribution is 0.869. The summed E-state index contributed by atoms with van der Waals surface area (Å²) in [4.78, 5) is 6.74. The minimum Gasteiger partial charge on any atom is -0.371 e. The van der Waals surface area contributed by atoms with Crippen molar-refractivity contribution in [3.8, 4) is 0 Å². The predicted octanol–water partition coefficient (Wildman–Crippen LogP) is 2.54. The number of nitrogens with zero attached hydrogens (tertiary/aromatic N) is 2. The Hall–Kier alpha value is -1.61. The molecule has 2 N–H and O–H groups in total. The largest absolute Gasteiger partial charge is 0.371 e. The molecule has 0 bridgehead atoms. The van der Waals surface area contributed by atoms with Crippen LogP contribution >= 0.6 is 0 Å². The monoisotopic (exact) mass is 229 g/mol. The van der Waals surface area contributed by atoms with Gasteiger partial charge in [-0.3, -0.25) is 4.98 Å². The molecule has 0 aliphatic carbocycles. The number of pyridine rings is 1.